The van der Waals surface area contributed by atoms with E-state index in [1.54, 1.807) is 28.8 Å². The number of anilines is 1. The Morgan fingerprint density at radius 3 is 2.53 bits per heavy atom. The molecule has 1 aromatic heterocycles. The van der Waals surface area contributed by atoms with E-state index in [1.807, 2.05) is 36.4 Å². The van der Waals surface area contributed by atoms with Gasteiger partial charge in [0.2, 0.25) is 5.91 Å². The van der Waals surface area contributed by atoms with Crippen molar-refractivity contribution in [3.63, 3.8) is 0 Å². The summed E-state index contributed by atoms with van der Waals surface area (Å²) < 4.78 is 1.71. The second kappa shape index (κ2) is 10.4. The highest BCUT2D eigenvalue weighted by Crippen LogP contribution is 2.49. The van der Waals surface area contributed by atoms with E-state index in [2.05, 4.69) is 23.5 Å². The Kier molecular flexibility index (Phi) is 6.85. The highest BCUT2D eigenvalue weighted by atomic mass is 35.5. The third kappa shape index (κ3) is 4.67. The van der Waals surface area contributed by atoms with Gasteiger partial charge in [0.05, 0.1) is 22.7 Å². The number of rotatable bonds is 5. The fourth-order valence-corrected chi connectivity index (χ4v) is 6.98. The first-order valence-corrected chi connectivity index (χ1v) is 14.4. The van der Waals surface area contributed by atoms with Crippen molar-refractivity contribution in [3.05, 3.63) is 105 Å². The summed E-state index contributed by atoms with van der Waals surface area (Å²) in [5.74, 6) is -0.0785. The predicted molar refractivity (Wildman–Crippen MR) is 155 cm³/mol. The molecule has 6 rings (SSSR count). The maximum absolute atomic E-state index is 14.5. The molecule has 2 aliphatic carbocycles. The fraction of sp³-hybridized carbons (Fsp3) is 0.258. The Balaban J connectivity index is 1.46. The lowest BCUT2D eigenvalue weighted by molar-refractivity contribution is -0.113. The third-order valence-electron chi connectivity index (χ3n) is 7.65. The molecule has 1 spiro atoms. The Morgan fingerprint density at radius 1 is 0.974 bits per heavy atom. The highest BCUT2D eigenvalue weighted by Gasteiger charge is 2.43. The van der Waals surface area contributed by atoms with Gasteiger partial charge in [-0.1, -0.05) is 91.2 Å². The standard InChI is InChI=1S/C31H28ClN3O2S/c32-22-11-9-12-23(18-22)33-26(36)20-38-30-34-28-25-15-6-5-10-21(25)19-31(16-7-2-8-17-31)27(28)29(37)35(30)24-13-3-1-4-14-24/h1,3-6,9-15,18H,2,7-8,16-17,19-20H2,(H,33,36). The van der Waals surface area contributed by atoms with Crippen molar-refractivity contribution in [2.24, 2.45) is 0 Å². The van der Waals surface area contributed by atoms with Crippen molar-refractivity contribution in [1.82, 2.24) is 9.55 Å². The molecule has 5 nitrogen and oxygen atoms in total. The maximum atomic E-state index is 14.5. The van der Waals surface area contributed by atoms with Crippen LogP contribution in [0.25, 0.3) is 16.9 Å². The van der Waals surface area contributed by atoms with Crippen LogP contribution in [-0.4, -0.2) is 21.2 Å². The Morgan fingerprint density at radius 2 is 1.74 bits per heavy atom. The molecule has 1 N–H and O–H groups in total. The first-order chi connectivity index (χ1) is 18.5. The third-order valence-corrected chi connectivity index (χ3v) is 8.82. The van der Waals surface area contributed by atoms with E-state index in [0.29, 0.717) is 15.9 Å². The number of aromatic nitrogens is 2. The number of hydrogen-bond acceptors (Lipinski definition) is 4. The van der Waals surface area contributed by atoms with Gasteiger partial charge in [0.1, 0.15) is 0 Å². The minimum atomic E-state index is -0.199. The van der Waals surface area contributed by atoms with Gasteiger partial charge in [0.25, 0.3) is 5.56 Å². The molecule has 0 unspecified atom stereocenters. The van der Waals surface area contributed by atoms with Gasteiger partial charge in [-0.15, -0.1) is 0 Å². The maximum Gasteiger partial charge on any atom is 0.263 e. The minimum Gasteiger partial charge on any atom is -0.325 e. The molecule has 0 atom stereocenters. The zero-order chi connectivity index (χ0) is 26.1. The Bertz CT molecular complexity index is 1560. The number of amides is 1. The highest BCUT2D eigenvalue weighted by molar-refractivity contribution is 7.99. The summed E-state index contributed by atoms with van der Waals surface area (Å²) in [7, 11) is 0. The molecule has 1 amide bonds. The molecule has 38 heavy (non-hydrogen) atoms. The summed E-state index contributed by atoms with van der Waals surface area (Å²) in [5.41, 5.74) is 5.08. The molecule has 3 aromatic carbocycles. The molecule has 0 radical (unpaired) electrons. The van der Waals surface area contributed by atoms with Gasteiger partial charge in [-0.2, -0.15) is 0 Å². The van der Waals surface area contributed by atoms with Gasteiger partial charge in [-0.05, 0) is 55.2 Å². The molecule has 1 heterocycles. The van der Waals surface area contributed by atoms with Gasteiger partial charge in [-0.3, -0.25) is 14.2 Å². The number of benzene rings is 3. The molecule has 2 aliphatic rings. The van der Waals surface area contributed by atoms with Crippen molar-refractivity contribution in [3.8, 4) is 16.9 Å². The van der Waals surface area contributed by atoms with Crippen LogP contribution in [0, 0.1) is 0 Å². The zero-order valence-corrected chi connectivity index (χ0v) is 22.5. The average molecular weight is 542 g/mol. The molecule has 0 aliphatic heterocycles. The van der Waals surface area contributed by atoms with Crippen molar-refractivity contribution in [2.45, 2.75) is 49.1 Å². The fourth-order valence-electron chi connectivity index (χ4n) is 5.98. The smallest absolute Gasteiger partial charge is 0.263 e. The van der Waals surface area contributed by atoms with Crippen LogP contribution in [0.5, 0.6) is 0 Å². The van der Waals surface area contributed by atoms with Crippen LogP contribution in [0.1, 0.15) is 43.2 Å². The first kappa shape index (κ1) is 25.0. The number of nitrogens with one attached hydrogen (secondary N) is 1. The Labute approximate surface area is 231 Å². The van der Waals surface area contributed by atoms with Gasteiger partial charge < -0.3 is 5.32 Å². The van der Waals surface area contributed by atoms with Crippen LogP contribution >= 0.6 is 23.4 Å². The van der Waals surface area contributed by atoms with Crippen LogP contribution in [0.3, 0.4) is 0 Å². The van der Waals surface area contributed by atoms with Gasteiger partial charge >= 0.3 is 0 Å². The van der Waals surface area contributed by atoms with E-state index in [4.69, 9.17) is 16.6 Å². The second-order valence-corrected chi connectivity index (χ2v) is 11.5. The number of carbonyl (C=O) groups excluding carboxylic acids is 1. The van der Waals surface area contributed by atoms with E-state index in [1.165, 1.54) is 23.7 Å². The van der Waals surface area contributed by atoms with Crippen molar-refractivity contribution >= 4 is 35.0 Å². The number of thioether (sulfide) groups is 1. The van der Waals surface area contributed by atoms with Gasteiger partial charge in [-0.25, -0.2) is 4.98 Å². The largest absolute Gasteiger partial charge is 0.325 e. The summed E-state index contributed by atoms with van der Waals surface area (Å²) in [6.45, 7) is 0. The molecule has 1 fully saturated rings. The van der Waals surface area contributed by atoms with Crippen LogP contribution in [0.15, 0.2) is 88.8 Å². The van der Waals surface area contributed by atoms with Crippen LogP contribution in [0.2, 0.25) is 5.02 Å². The predicted octanol–water partition coefficient (Wildman–Crippen LogP) is 7.04. The molecule has 192 valence electrons. The quantitative estimate of drug-likeness (QED) is 0.217. The normalized spacial score (nSPS) is 15.5. The van der Waals surface area contributed by atoms with Crippen LogP contribution in [-0.2, 0) is 16.6 Å². The summed E-state index contributed by atoms with van der Waals surface area (Å²) >= 11 is 7.35. The monoisotopic (exact) mass is 541 g/mol. The molecule has 7 heteroatoms. The lowest BCUT2D eigenvalue weighted by Crippen LogP contribution is -2.43. The summed E-state index contributed by atoms with van der Waals surface area (Å²) in [5, 5.41) is 3.97. The van der Waals surface area contributed by atoms with Crippen molar-refractivity contribution in [2.75, 3.05) is 11.1 Å². The Hall–Kier alpha value is -3.35. The van der Waals surface area contributed by atoms with Crippen molar-refractivity contribution in [1.29, 1.82) is 0 Å². The summed E-state index contributed by atoms with van der Waals surface area (Å²) in [6, 6.07) is 25.0. The molecular weight excluding hydrogens is 514 g/mol. The number of nitrogens with zero attached hydrogens (tertiary/aromatic N) is 2. The van der Waals surface area contributed by atoms with E-state index in [0.717, 1.165) is 54.6 Å². The molecular formula is C31H28ClN3O2S. The van der Waals surface area contributed by atoms with Gasteiger partial charge in [0, 0.05) is 21.7 Å². The van der Waals surface area contributed by atoms with E-state index in [9.17, 15) is 9.59 Å². The van der Waals surface area contributed by atoms with Crippen molar-refractivity contribution < 1.29 is 4.79 Å². The molecule has 1 saturated carbocycles. The first-order valence-electron chi connectivity index (χ1n) is 13.0. The summed E-state index contributed by atoms with van der Waals surface area (Å²) in [6.07, 6.45) is 6.30. The number of halogens is 1. The lowest BCUT2D eigenvalue weighted by Gasteiger charge is -2.42. The molecule has 0 bridgehead atoms. The summed E-state index contributed by atoms with van der Waals surface area (Å²) in [4.78, 5) is 32.5. The second-order valence-electron chi connectivity index (χ2n) is 10.1. The van der Waals surface area contributed by atoms with Gasteiger partial charge in [0.15, 0.2) is 5.16 Å². The minimum absolute atomic E-state index is 0.0182. The average Bonchev–Trinajstić information content (AvgIpc) is 2.93. The van der Waals surface area contributed by atoms with Crippen LogP contribution in [0.4, 0.5) is 5.69 Å². The molecule has 0 saturated heterocycles. The zero-order valence-electron chi connectivity index (χ0n) is 21.0. The number of hydrogen-bond donors (Lipinski definition) is 1. The van der Waals surface area contributed by atoms with E-state index < -0.39 is 0 Å². The topological polar surface area (TPSA) is 64.0 Å². The lowest BCUT2D eigenvalue weighted by atomic mass is 9.62. The van der Waals surface area contributed by atoms with E-state index in [-0.39, 0.29) is 22.6 Å². The number of para-hydroxylation sites is 1. The molecule has 4 aromatic rings. The van der Waals surface area contributed by atoms with Crippen LogP contribution < -0.4 is 10.9 Å². The number of fused-ring (bicyclic) bond motifs is 4. The SMILES string of the molecule is O=C(CSc1nc2c(c(=O)n1-c1ccccc1)C1(CCCCC1)Cc1ccccc1-2)Nc1cccc(Cl)c1. The van der Waals surface area contributed by atoms with E-state index >= 15 is 0 Å². The number of carbonyl (C=O) groups is 1.